The van der Waals surface area contributed by atoms with Crippen molar-refractivity contribution in [2.75, 3.05) is 5.32 Å². The third kappa shape index (κ3) is 2.44. The first kappa shape index (κ1) is 13.3. The van der Waals surface area contributed by atoms with Gasteiger partial charge >= 0.3 is 0 Å². The molecule has 22 heavy (non-hydrogen) atoms. The van der Waals surface area contributed by atoms with Gasteiger partial charge in [0.05, 0.1) is 10.2 Å². The van der Waals surface area contributed by atoms with Gasteiger partial charge in [-0.15, -0.1) is 22.7 Å². The van der Waals surface area contributed by atoms with Crippen LogP contribution in [0.4, 0.5) is 11.5 Å². The molecular formula is C15H11N5S2. The molecule has 1 N–H and O–H groups in total. The second-order valence-corrected chi connectivity index (χ2v) is 6.46. The van der Waals surface area contributed by atoms with Crippen molar-refractivity contribution in [1.29, 1.82) is 0 Å². The normalized spacial score (nSPS) is 11.0. The molecule has 0 aliphatic heterocycles. The fraction of sp³-hybridized carbons (Fsp3) is 0.0667. The monoisotopic (exact) mass is 325 g/mol. The number of fused-ring (bicyclic) bond motifs is 1. The van der Waals surface area contributed by atoms with Gasteiger partial charge < -0.3 is 5.32 Å². The van der Waals surface area contributed by atoms with Crippen LogP contribution < -0.4 is 5.32 Å². The van der Waals surface area contributed by atoms with Crippen LogP contribution in [0.1, 0.15) is 5.69 Å². The number of hydrogen-bond donors (Lipinski definition) is 1. The molecule has 0 saturated heterocycles. The zero-order valence-corrected chi connectivity index (χ0v) is 13.3. The third-order valence-corrected chi connectivity index (χ3v) is 4.92. The Labute approximate surface area is 134 Å². The predicted octanol–water partition coefficient (Wildman–Crippen LogP) is 4.26. The van der Waals surface area contributed by atoms with Crippen LogP contribution in [-0.4, -0.2) is 19.9 Å². The summed E-state index contributed by atoms with van der Waals surface area (Å²) in [7, 11) is 0. The maximum Gasteiger partial charge on any atom is 0.191 e. The molecule has 0 fully saturated rings. The Kier molecular flexibility index (Phi) is 3.28. The fourth-order valence-corrected chi connectivity index (χ4v) is 3.58. The molecule has 0 unspecified atom stereocenters. The van der Waals surface area contributed by atoms with Gasteiger partial charge in [0.1, 0.15) is 0 Å². The highest BCUT2D eigenvalue weighted by atomic mass is 32.1. The first-order valence-corrected chi connectivity index (χ1v) is 8.40. The van der Waals surface area contributed by atoms with Crippen molar-refractivity contribution >= 4 is 44.4 Å². The molecule has 4 aromatic heterocycles. The van der Waals surface area contributed by atoms with Crippen LogP contribution in [0, 0.1) is 6.92 Å². The molecule has 4 heterocycles. The minimum absolute atomic E-state index is 0.653. The van der Waals surface area contributed by atoms with E-state index in [0.29, 0.717) is 5.82 Å². The van der Waals surface area contributed by atoms with E-state index in [4.69, 9.17) is 0 Å². The summed E-state index contributed by atoms with van der Waals surface area (Å²) in [5.74, 6) is 1.45. The largest absolute Gasteiger partial charge is 0.339 e. The van der Waals surface area contributed by atoms with Gasteiger partial charge in [0, 0.05) is 29.2 Å². The van der Waals surface area contributed by atoms with Gasteiger partial charge in [0.25, 0.3) is 0 Å². The van der Waals surface area contributed by atoms with Crippen LogP contribution >= 0.6 is 22.7 Å². The molecule has 7 heteroatoms. The summed E-state index contributed by atoms with van der Waals surface area (Å²) < 4.78 is 1.04. The summed E-state index contributed by atoms with van der Waals surface area (Å²) in [6, 6.07) is 5.83. The molecule has 0 amide bonds. The van der Waals surface area contributed by atoms with Crippen LogP contribution in [0.3, 0.4) is 0 Å². The average Bonchev–Trinajstić information content (AvgIpc) is 3.17. The van der Waals surface area contributed by atoms with Crippen molar-refractivity contribution < 1.29 is 0 Å². The van der Waals surface area contributed by atoms with Crippen LogP contribution in [0.2, 0.25) is 0 Å². The summed E-state index contributed by atoms with van der Waals surface area (Å²) >= 11 is 3.18. The summed E-state index contributed by atoms with van der Waals surface area (Å²) in [6.45, 7) is 1.97. The Hall–Kier alpha value is -2.38. The van der Waals surface area contributed by atoms with Crippen molar-refractivity contribution in [2.24, 2.45) is 0 Å². The van der Waals surface area contributed by atoms with E-state index in [1.807, 2.05) is 35.9 Å². The van der Waals surface area contributed by atoms with Crippen molar-refractivity contribution in [3.05, 3.63) is 47.0 Å². The van der Waals surface area contributed by atoms with Crippen LogP contribution in [-0.2, 0) is 0 Å². The molecular weight excluding hydrogens is 314 g/mol. The molecule has 0 spiro atoms. The topological polar surface area (TPSA) is 63.6 Å². The van der Waals surface area contributed by atoms with E-state index in [-0.39, 0.29) is 0 Å². The van der Waals surface area contributed by atoms with Crippen molar-refractivity contribution in [2.45, 2.75) is 6.92 Å². The minimum atomic E-state index is 0.653. The Bertz CT molecular complexity index is 929. The van der Waals surface area contributed by atoms with Crippen molar-refractivity contribution in [3.63, 3.8) is 0 Å². The third-order valence-electron chi connectivity index (χ3n) is 3.06. The van der Waals surface area contributed by atoms with E-state index >= 15 is 0 Å². The average molecular weight is 325 g/mol. The summed E-state index contributed by atoms with van der Waals surface area (Å²) in [5, 5.41) is 8.21. The molecule has 0 saturated carbocycles. The van der Waals surface area contributed by atoms with Crippen molar-refractivity contribution in [3.8, 4) is 10.8 Å². The summed E-state index contributed by atoms with van der Waals surface area (Å²) in [6.07, 6.45) is 3.50. The highest BCUT2D eigenvalue weighted by Crippen LogP contribution is 2.31. The predicted molar refractivity (Wildman–Crippen MR) is 90.8 cm³/mol. The molecule has 0 aliphatic carbocycles. The summed E-state index contributed by atoms with van der Waals surface area (Å²) in [5.41, 5.74) is 2.86. The Balaban J connectivity index is 1.84. The molecule has 0 aliphatic rings. The van der Waals surface area contributed by atoms with E-state index in [2.05, 4.69) is 25.3 Å². The summed E-state index contributed by atoms with van der Waals surface area (Å²) in [4.78, 5) is 17.8. The number of thiophene rings is 1. The molecule has 5 nitrogen and oxygen atoms in total. The van der Waals surface area contributed by atoms with Crippen LogP contribution in [0.25, 0.3) is 21.0 Å². The lowest BCUT2D eigenvalue weighted by Gasteiger charge is -2.07. The SMILES string of the molecule is Cc1csc(-c2nc(Nc3ccncc3)c3sccc3n2)n1. The van der Waals surface area contributed by atoms with Gasteiger partial charge in [0.2, 0.25) is 0 Å². The van der Waals surface area contributed by atoms with Gasteiger partial charge in [-0.3, -0.25) is 4.98 Å². The maximum atomic E-state index is 4.67. The zero-order chi connectivity index (χ0) is 14.9. The second-order valence-electron chi connectivity index (χ2n) is 4.69. The zero-order valence-electron chi connectivity index (χ0n) is 11.6. The lowest BCUT2D eigenvalue weighted by Crippen LogP contribution is -1.97. The van der Waals surface area contributed by atoms with Gasteiger partial charge in [-0.05, 0) is 30.5 Å². The Morgan fingerprint density at radius 2 is 1.86 bits per heavy atom. The Morgan fingerprint density at radius 1 is 1.00 bits per heavy atom. The Morgan fingerprint density at radius 3 is 2.64 bits per heavy atom. The molecule has 0 aromatic carbocycles. The van der Waals surface area contributed by atoms with Crippen LogP contribution in [0.15, 0.2) is 41.4 Å². The van der Waals surface area contributed by atoms with E-state index in [9.17, 15) is 0 Å². The first-order valence-electron chi connectivity index (χ1n) is 6.64. The number of hydrogen-bond acceptors (Lipinski definition) is 7. The number of nitrogens with one attached hydrogen (secondary N) is 1. The highest BCUT2D eigenvalue weighted by Gasteiger charge is 2.13. The van der Waals surface area contributed by atoms with E-state index in [1.165, 1.54) is 0 Å². The number of pyridine rings is 1. The fourth-order valence-electron chi connectivity index (χ4n) is 2.07. The smallest absolute Gasteiger partial charge is 0.191 e. The molecule has 0 bridgehead atoms. The molecule has 4 aromatic rings. The van der Waals surface area contributed by atoms with Crippen LogP contribution in [0.5, 0.6) is 0 Å². The number of nitrogens with zero attached hydrogens (tertiary/aromatic N) is 4. The molecule has 4 rings (SSSR count). The molecule has 0 atom stereocenters. The quantitative estimate of drug-likeness (QED) is 0.609. The minimum Gasteiger partial charge on any atom is -0.339 e. The van der Waals surface area contributed by atoms with E-state index in [0.717, 1.165) is 32.4 Å². The number of anilines is 2. The lowest BCUT2D eigenvalue weighted by molar-refractivity contribution is 1.18. The highest BCUT2D eigenvalue weighted by molar-refractivity contribution is 7.17. The number of thiazole rings is 1. The number of aromatic nitrogens is 4. The lowest BCUT2D eigenvalue weighted by atomic mass is 10.3. The number of aryl methyl sites for hydroxylation is 1. The molecule has 108 valence electrons. The van der Waals surface area contributed by atoms with E-state index < -0.39 is 0 Å². The van der Waals surface area contributed by atoms with Gasteiger partial charge in [0.15, 0.2) is 16.6 Å². The van der Waals surface area contributed by atoms with Gasteiger partial charge in [-0.1, -0.05) is 0 Å². The second kappa shape index (κ2) is 5.43. The van der Waals surface area contributed by atoms with Gasteiger partial charge in [-0.2, -0.15) is 0 Å². The molecule has 0 radical (unpaired) electrons. The van der Waals surface area contributed by atoms with E-state index in [1.54, 1.807) is 35.1 Å². The first-order chi connectivity index (χ1) is 10.8. The standard InChI is InChI=1S/C15H11N5S2/c1-9-8-22-15(17-9)14-19-11-4-7-21-12(11)13(20-14)18-10-2-5-16-6-3-10/h2-8H,1H3,(H,16,18,19,20). The number of rotatable bonds is 3. The van der Waals surface area contributed by atoms with Crippen molar-refractivity contribution in [1.82, 2.24) is 19.9 Å². The van der Waals surface area contributed by atoms with Gasteiger partial charge in [-0.25, -0.2) is 15.0 Å². The maximum absolute atomic E-state index is 4.67.